The minimum absolute atomic E-state index is 0.204. The van der Waals surface area contributed by atoms with E-state index in [1.807, 2.05) is 30.3 Å². The summed E-state index contributed by atoms with van der Waals surface area (Å²) in [7, 11) is -3.34. The summed E-state index contributed by atoms with van der Waals surface area (Å²) in [6.07, 6.45) is 0. The predicted molar refractivity (Wildman–Crippen MR) is 76.0 cm³/mol. The molecule has 1 rings (SSSR count). The van der Waals surface area contributed by atoms with Gasteiger partial charge in [0.05, 0.1) is 6.61 Å². The summed E-state index contributed by atoms with van der Waals surface area (Å²) in [6, 6.07) is 9.44. The van der Waals surface area contributed by atoms with Crippen molar-refractivity contribution in [3.8, 4) is 0 Å². The lowest BCUT2D eigenvalue weighted by atomic mass is 10.2. The molecule has 0 saturated heterocycles. The number of hydrogen-bond acceptors (Lipinski definition) is 2. The van der Waals surface area contributed by atoms with E-state index in [2.05, 4.69) is 0 Å². The summed E-state index contributed by atoms with van der Waals surface area (Å²) in [5.74, 6) is 0.652. The molecular formula is C11H17Cl2N2O2P. The van der Waals surface area contributed by atoms with E-state index >= 15 is 0 Å². The highest BCUT2D eigenvalue weighted by atomic mass is 35.5. The number of benzene rings is 1. The summed E-state index contributed by atoms with van der Waals surface area (Å²) < 4.78 is 19.1. The predicted octanol–water partition coefficient (Wildman–Crippen LogP) is 3.05. The van der Waals surface area contributed by atoms with Crippen LogP contribution in [0, 0.1) is 0 Å². The van der Waals surface area contributed by atoms with Crippen LogP contribution in [0.25, 0.3) is 0 Å². The maximum absolute atomic E-state index is 12.2. The van der Waals surface area contributed by atoms with E-state index < -0.39 is 7.67 Å². The Balaban J connectivity index is 2.59. The van der Waals surface area contributed by atoms with Crippen LogP contribution in [0.15, 0.2) is 30.3 Å². The second-order valence-corrected chi connectivity index (χ2v) is 6.36. The number of hydrogen-bond donors (Lipinski definition) is 1. The minimum Gasteiger partial charge on any atom is -0.301 e. The van der Waals surface area contributed by atoms with E-state index in [0.29, 0.717) is 24.8 Å². The van der Waals surface area contributed by atoms with Crippen molar-refractivity contribution >= 4 is 30.9 Å². The Kier molecular flexibility index (Phi) is 7.23. The van der Waals surface area contributed by atoms with Gasteiger partial charge in [-0.05, 0) is 5.56 Å². The maximum Gasteiger partial charge on any atom is 0.341 e. The minimum atomic E-state index is -3.34. The molecule has 0 heterocycles. The first-order valence-corrected chi connectivity index (χ1v) is 8.26. The first-order valence-electron chi connectivity index (χ1n) is 5.54. The maximum atomic E-state index is 12.2. The van der Waals surface area contributed by atoms with Gasteiger partial charge in [-0.15, -0.1) is 23.2 Å². The van der Waals surface area contributed by atoms with E-state index in [1.165, 1.54) is 4.67 Å². The van der Waals surface area contributed by atoms with Crippen LogP contribution in [0.1, 0.15) is 5.56 Å². The molecule has 4 nitrogen and oxygen atoms in total. The Labute approximate surface area is 118 Å². The quantitative estimate of drug-likeness (QED) is 0.455. The van der Waals surface area contributed by atoms with Gasteiger partial charge >= 0.3 is 7.67 Å². The first kappa shape index (κ1) is 16.0. The number of rotatable bonds is 8. The van der Waals surface area contributed by atoms with Gasteiger partial charge in [0.25, 0.3) is 0 Å². The fourth-order valence-corrected chi connectivity index (χ4v) is 3.31. The van der Waals surface area contributed by atoms with Crippen molar-refractivity contribution in [2.24, 2.45) is 5.50 Å². The Morgan fingerprint density at radius 2 is 1.72 bits per heavy atom. The van der Waals surface area contributed by atoms with E-state index in [4.69, 9.17) is 33.2 Å². The lowest BCUT2D eigenvalue weighted by molar-refractivity contribution is 0.257. The van der Waals surface area contributed by atoms with Gasteiger partial charge in [0, 0.05) is 24.8 Å². The van der Waals surface area contributed by atoms with Gasteiger partial charge in [-0.3, -0.25) is 4.57 Å². The van der Waals surface area contributed by atoms with Crippen molar-refractivity contribution in [3.63, 3.8) is 0 Å². The van der Waals surface area contributed by atoms with Gasteiger partial charge in [0.1, 0.15) is 0 Å². The van der Waals surface area contributed by atoms with E-state index in [0.717, 1.165) is 5.56 Å². The lowest BCUT2D eigenvalue weighted by Crippen LogP contribution is -2.29. The molecule has 0 aliphatic heterocycles. The molecule has 1 atom stereocenters. The summed E-state index contributed by atoms with van der Waals surface area (Å²) in [5.41, 5.74) is 6.64. The highest BCUT2D eigenvalue weighted by Gasteiger charge is 2.26. The van der Waals surface area contributed by atoms with Gasteiger partial charge in [0.2, 0.25) is 0 Å². The molecule has 0 fully saturated rings. The largest absolute Gasteiger partial charge is 0.341 e. The average molecular weight is 312 g/mol. The first-order chi connectivity index (χ1) is 8.60. The molecule has 1 aromatic carbocycles. The standard InChI is InChI=1S/C11H17Cl2N2O2P/c12-6-8-15(9-7-13)18(14,16)17-10-11-4-2-1-3-5-11/h1-5H,6-10H2,(H2,14,16)/i14+1. The van der Waals surface area contributed by atoms with Gasteiger partial charge in [0.15, 0.2) is 0 Å². The topological polar surface area (TPSA) is 55.6 Å². The molecular weight excluding hydrogens is 295 g/mol. The normalized spacial score (nSPS) is 14.7. The van der Waals surface area contributed by atoms with Crippen LogP contribution in [-0.4, -0.2) is 29.5 Å². The van der Waals surface area contributed by atoms with Crippen LogP contribution in [-0.2, 0) is 15.7 Å². The molecule has 102 valence electrons. The SMILES string of the molecule is [15NH2]P(=O)(OCc1ccccc1)N(CCCl)CCCl. The lowest BCUT2D eigenvalue weighted by Gasteiger charge is -2.26. The highest BCUT2D eigenvalue weighted by Crippen LogP contribution is 2.43. The molecule has 0 aromatic heterocycles. The zero-order valence-electron chi connectivity index (χ0n) is 9.97. The smallest absolute Gasteiger partial charge is 0.301 e. The molecule has 0 aliphatic rings. The number of halogens is 2. The number of alkyl halides is 2. The molecule has 0 radical (unpaired) electrons. The molecule has 0 aliphatic carbocycles. The summed E-state index contributed by atoms with van der Waals surface area (Å²) in [5, 5.41) is 0. The molecule has 0 saturated carbocycles. The van der Waals surface area contributed by atoms with Crippen LogP contribution in [0.4, 0.5) is 0 Å². The summed E-state index contributed by atoms with van der Waals surface area (Å²) >= 11 is 11.3. The molecule has 0 spiro atoms. The van der Waals surface area contributed by atoms with E-state index in [1.54, 1.807) is 0 Å². The van der Waals surface area contributed by atoms with Crippen molar-refractivity contribution in [2.45, 2.75) is 6.61 Å². The highest BCUT2D eigenvalue weighted by molar-refractivity contribution is 7.53. The molecule has 18 heavy (non-hydrogen) atoms. The second-order valence-electron chi connectivity index (χ2n) is 3.65. The monoisotopic (exact) mass is 311 g/mol. The van der Waals surface area contributed by atoms with Crippen molar-refractivity contribution in [3.05, 3.63) is 35.9 Å². The average Bonchev–Trinajstić information content (AvgIpc) is 2.37. The molecule has 1 unspecified atom stereocenters. The molecule has 0 bridgehead atoms. The van der Waals surface area contributed by atoms with Crippen LogP contribution >= 0.6 is 30.9 Å². The molecule has 7 heteroatoms. The van der Waals surface area contributed by atoms with Crippen molar-refractivity contribution < 1.29 is 9.09 Å². The third kappa shape index (κ3) is 5.27. The van der Waals surface area contributed by atoms with Crippen LogP contribution in [0.5, 0.6) is 0 Å². The zero-order valence-corrected chi connectivity index (χ0v) is 12.4. The van der Waals surface area contributed by atoms with E-state index in [-0.39, 0.29) is 6.61 Å². The molecule has 0 amide bonds. The Bertz CT molecular complexity index is 386. The van der Waals surface area contributed by atoms with Gasteiger partial charge < -0.3 is 4.52 Å². The fraction of sp³-hybridized carbons (Fsp3) is 0.455. The van der Waals surface area contributed by atoms with Crippen molar-refractivity contribution in [1.29, 1.82) is 0 Å². The third-order valence-corrected chi connectivity index (χ3v) is 4.36. The molecule has 1 aromatic rings. The van der Waals surface area contributed by atoms with Crippen LogP contribution in [0.3, 0.4) is 0 Å². The van der Waals surface area contributed by atoms with Crippen molar-refractivity contribution in [1.82, 2.24) is 4.67 Å². The van der Waals surface area contributed by atoms with Gasteiger partial charge in [-0.25, -0.2) is 10.2 Å². The Morgan fingerprint density at radius 1 is 1.17 bits per heavy atom. The zero-order chi connectivity index (χ0) is 13.4. The number of nitrogens with two attached hydrogens (primary N) is 1. The summed E-state index contributed by atoms with van der Waals surface area (Å²) in [4.78, 5) is 0. The third-order valence-electron chi connectivity index (χ3n) is 2.34. The Morgan fingerprint density at radius 3 is 2.22 bits per heavy atom. The summed E-state index contributed by atoms with van der Waals surface area (Å²) in [6.45, 7) is 0.976. The molecule has 2 N–H and O–H groups in total. The van der Waals surface area contributed by atoms with Gasteiger partial charge in [-0.2, -0.15) is 0 Å². The van der Waals surface area contributed by atoms with Crippen LogP contribution < -0.4 is 5.50 Å². The Hall–Kier alpha value is -0.0900. The van der Waals surface area contributed by atoms with Gasteiger partial charge in [-0.1, -0.05) is 30.3 Å². The van der Waals surface area contributed by atoms with Crippen molar-refractivity contribution in [2.75, 3.05) is 24.8 Å². The van der Waals surface area contributed by atoms with E-state index in [9.17, 15) is 4.57 Å². The second kappa shape index (κ2) is 8.16. The fourth-order valence-electron chi connectivity index (χ4n) is 1.41. The number of nitrogens with zero attached hydrogens (tertiary/aromatic N) is 1. The van der Waals surface area contributed by atoms with Crippen LogP contribution in [0.2, 0.25) is 0 Å².